The Hall–Kier alpha value is -1.31. The Labute approximate surface area is 83.6 Å². The number of aromatic carboxylic acids is 1. The van der Waals surface area contributed by atoms with Crippen molar-refractivity contribution in [3.63, 3.8) is 0 Å². The summed E-state index contributed by atoms with van der Waals surface area (Å²) in [6, 6.07) is 3.71. The average molecular weight is 190 g/mol. The van der Waals surface area contributed by atoms with Crippen LogP contribution in [0.2, 0.25) is 0 Å². The highest BCUT2D eigenvalue weighted by molar-refractivity contribution is 5.90. The molecular weight excluding hydrogens is 176 g/mol. The number of benzene rings is 1. The van der Waals surface area contributed by atoms with Crippen molar-refractivity contribution in [2.24, 2.45) is 0 Å². The number of hydrogen-bond donors (Lipinski definition) is 1. The third-order valence-electron chi connectivity index (χ3n) is 3.22. The van der Waals surface area contributed by atoms with Gasteiger partial charge in [0.25, 0.3) is 0 Å². The molecule has 1 N–H and O–H groups in total. The van der Waals surface area contributed by atoms with Crippen LogP contribution in [0.5, 0.6) is 0 Å². The number of fused-ring (bicyclic) bond motifs is 1. The van der Waals surface area contributed by atoms with Gasteiger partial charge in [-0.25, -0.2) is 4.79 Å². The second kappa shape index (κ2) is 3.12. The Balaban J connectivity index is 2.58. The largest absolute Gasteiger partial charge is 0.478 e. The summed E-state index contributed by atoms with van der Waals surface area (Å²) in [5, 5.41) is 8.96. The van der Waals surface area contributed by atoms with Crippen molar-refractivity contribution in [3.8, 4) is 0 Å². The van der Waals surface area contributed by atoms with Gasteiger partial charge >= 0.3 is 5.97 Å². The summed E-state index contributed by atoms with van der Waals surface area (Å²) in [4.78, 5) is 10.9. The molecule has 1 aromatic carbocycles. The molecule has 2 nitrogen and oxygen atoms in total. The highest BCUT2D eigenvalue weighted by Crippen LogP contribution is 2.35. The minimum atomic E-state index is -0.815. The van der Waals surface area contributed by atoms with E-state index in [9.17, 15) is 4.79 Å². The van der Waals surface area contributed by atoms with Gasteiger partial charge in [-0.05, 0) is 48.4 Å². The van der Waals surface area contributed by atoms with Gasteiger partial charge in [-0.3, -0.25) is 0 Å². The van der Waals surface area contributed by atoms with Crippen LogP contribution in [0.3, 0.4) is 0 Å². The van der Waals surface area contributed by atoms with Gasteiger partial charge in [0.15, 0.2) is 0 Å². The lowest BCUT2D eigenvalue weighted by Gasteiger charge is -2.09. The van der Waals surface area contributed by atoms with Crippen molar-refractivity contribution in [1.82, 2.24) is 0 Å². The molecule has 0 fully saturated rings. The standard InChI is InChI=1S/C12H14O2/c1-7-3-4-10-8(2)11(12(13)14)6-5-9(7)10/h5-7H,3-4H2,1-2H3,(H,13,14)/t7-/m0/s1. The summed E-state index contributed by atoms with van der Waals surface area (Å²) < 4.78 is 0. The number of hydrogen-bond acceptors (Lipinski definition) is 1. The fourth-order valence-electron chi connectivity index (χ4n) is 2.32. The quantitative estimate of drug-likeness (QED) is 0.739. The molecule has 0 unspecified atom stereocenters. The molecule has 2 heteroatoms. The van der Waals surface area contributed by atoms with Gasteiger partial charge < -0.3 is 5.11 Å². The Bertz CT molecular complexity index is 394. The molecule has 0 saturated carbocycles. The van der Waals surface area contributed by atoms with Crippen LogP contribution in [0, 0.1) is 6.92 Å². The van der Waals surface area contributed by atoms with Crippen LogP contribution in [-0.4, -0.2) is 11.1 Å². The molecule has 0 heterocycles. The monoisotopic (exact) mass is 190 g/mol. The topological polar surface area (TPSA) is 37.3 Å². The van der Waals surface area contributed by atoms with Gasteiger partial charge in [0.2, 0.25) is 0 Å². The summed E-state index contributed by atoms with van der Waals surface area (Å²) in [6.45, 7) is 4.12. The lowest BCUT2D eigenvalue weighted by molar-refractivity contribution is 0.0696. The van der Waals surface area contributed by atoms with E-state index in [1.54, 1.807) is 6.07 Å². The first-order valence-electron chi connectivity index (χ1n) is 4.97. The first-order chi connectivity index (χ1) is 6.61. The van der Waals surface area contributed by atoms with Crippen LogP contribution in [0.4, 0.5) is 0 Å². The lowest BCUT2D eigenvalue weighted by atomic mass is 9.96. The van der Waals surface area contributed by atoms with Crippen LogP contribution >= 0.6 is 0 Å². The van der Waals surface area contributed by atoms with E-state index in [0.29, 0.717) is 11.5 Å². The van der Waals surface area contributed by atoms with Gasteiger partial charge in [-0.1, -0.05) is 13.0 Å². The predicted molar refractivity (Wildman–Crippen MR) is 54.9 cm³/mol. The van der Waals surface area contributed by atoms with Gasteiger partial charge in [0.1, 0.15) is 0 Å². The van der Waals surface area contributed by atoms with Gasteiger partial charge in [-0.2, -0.15) is 0 Å². The van der Waals surface area contributed by atoms with E-state index < -0.39 is 5.97 Å². The number of carboxylic acids is 1. The van der Waals surface area contributed by atoms with Crippen molar-refractivity contribution in [2.45, 2.75) is 32.6 Å². The molecule has 0 aliphatic heterocycles. The molecule has 74 valence electrons. The van der Waals surface area contributed by atoms with Gasteiger partial charge in [0.05, 0.1) is 5.56 Å². The molecule has 0 spiro atoms. The third-order valence-corrected chi connectivity index (χ3v) is 3.22. The second-order valence-electron chi connectivity index (χ2n) is 4.05. The van der Waals surface area contributed by atoms with E-state index in [4.69, 9.17) is 5.11 Å². The van der Waals surface area contributed by atoms with Crippen molar-refractivity contribution in [2.75, 3.05) is 0 Å². The highest BCUT2D eigenvalue weighted by Gasteiger charge is 2.22. The molecule has 0 aromatic heterocycles. The molecule has 0 amide bonds. The molecule has 1 atom stereocenters. The number of carboxylic acid groups (broad SMARTS) is 1. The van der Waals surface area contributed by atoms with E-state index in [0.717, 1.165) is 18.4 Å². The normalized spacial score (nSPS) is 19.4. The van der Waals surface area contributed by atoms with E-state index in [2.05, 4.69) is 6.92 Å². The lowest BCUT2D eigenvalue weighted by Crippen LogP contribution is -2.02. The number of carbonyl (C=O) groups is 1. The summed E-state index contributed by atoms with van der Waals surface area (Å²) in [7, 11) is 0. The molecule has 1 aliphatic carbocycles. The van der Waals surface area contributed by atoms with Crippen molar-refractivity contribution < 1.29 is 9.90 Å². The maximum absolute atomic E-state index is 10.9. The van der Waals surface area contributed by atoms with Gasteiger partial charge in [-0.15, -0.1) is 0 Å². The van der Waals surface area contributed by atoms with Crippen LogP contribution in [0.1, 0.15) is 46.3 Å². The van der Waals surface area contributed by atoms with Crippen LogP contribution < -0.4 is 0 Å². The van der Waals surface area contributed by atoms with Crippen LogP contribution in [0.25, 0.3) is 0 Å². The highest BCUT2D eigenvalue weighted by atomic mass is 16.4. The summed E-state index contributed by atoms with van der Waals surface area (Å²) in [5.74, 6) is -0.226. The maximum Gasteiger partial charge on any atom is 0.335 e. The van der Waals surface area contributed by atoms with Crippen LogP contribution in [-0.2, 0) is 6.42 Å². The minimum absolute atomic E-state index is 0.456. The Morgan fingerprint density at radius 3 is 2.86 bits per heavy atom. The van der Waals surface area contributed by atoms with E-state index in [1.807, 2.05) is 13.0 Å². The Kier molecular flexibility index (Phi) is 2.06. The smallest absolute Gasteiger partial charge is 0.335 e. The molecule has 0 bridgehead atoms. The molecule has 0 saturated heterocycles. The zero-order valence-electron chi connectivity index (χ0n) is 8.50. The van der Waals surface area contributed by atoms with Crippen molar-refractivity contribution in [3.05, 3.63) is 34.4 Å². The van der Waals surface area contributed by atoms with Crippen molar-refractivity contribution in [1.29, 1.82) is 0 Å². The maximum atomic E-state index is 10.9. The molecule has 1 aliphatic rings. The molecule has 0 radical (unpaired) electrons. The van der Waals surface area contributed by atoms with Crippen molar-refractivity contribution >= 4 is 5.97 Å². The first kappa shape index (κ1) is 9.25. The summed E-state index contributed by atoms with van der Waals surface area (Å²) >= 11 is 0. The Morgan fingerprint density at radius 2 is 2.21 bits per heavy atom. The fourth-order valence-corrected chi connectivity index (χ4v) is 2.32. The molecule has 14 heavy (non-hydrogen) atoms. The second-order valence-corrected chi connectivity index (χ2v) is 4.05. The summed E-state index contributed by atoms with van der Waals surface area (Å²) in [6.07, 6.45) is 2.18. The minimum Gasteiger partial charge on any atom is -0.478 e. The van der Waals surface area contributed by atoms with Crippen LogP contribution in [0.15, 0.2) is 12.1 Å². The fraction of sp³-hybridized carbons (Fsp3) is 0.417. The average Bonchev–Trinajstić information content (AvgIpc) is 2.49. The third kappa shape index (κ3) is 1.22. The summed E-state index contributed by atoms with van der Waals surface area (Å²) in [5.41, 5.74) is 4.02. The molecule has 1 aromatic rings. The predicted octanol–water partition coefficient (Wildman–Crippen LogP) is 2.74. The number of rotatable bonds is 1. The van der Waals surface area contributed by atoms with E-state index in [-0.39, 0.29) is 0 Å². The molecule has 2 rings (SSSR count). The van der Waals surface area contributed by atoms with Gasteiger partial charge in [0, 0.05) is 0 Å². The SMILES string of the molecule is Cc1c(C(=O)O)ccc2c1CC[C@@H]2C. The zero-order valence-corrected chi connectivity index (χ0v) is 8.50. The van der Waals surface area contributed by atoms with E-state index in [1.165, 1.54) is 11.1 Å². The zero-order chi connectivity index (χ0) is 10.3. The first-order valence-corrected chi connectivity index (χ1v) is 4.97. The van der Waals surface area contributed by atoms with E-state index >= 15 is 0 Å². The molecular formula is C12H14O2. The Morgan fingerprint density at radius 1 is 1.50 bits per heavy atom.